The predicted octanol–water partition coefficient (Wildman–Crippen LogP) is 2.86. The van der Waals surface area contributed by atoms with Crippen LogP contribution in [0.4, 0.5) is 15.9 Å². The lowest BCUT2D eigenvalue weighted by Gasteiger charge is -2.05. The van der Waals surface area contributed by atoms with Gasteiger partial charge < -0.3 is 15.4 Å². The van der Waals surface area contributed by atoms with Crippen LogP contribution in [0.15, 0.2) is 42.9 Å². The lowest BCUT2D eigenvalue weighted by atomic mass is 10.2. The van der Waals surface area contributed by atoms with Crippen LogP contribution >= 0.6 is 11.6 Å². The summed E-state index contributed by atoms with van der Waals surface area (Å²) in [6.07, 6.45) is 4.50. The molecule has 1 N–H and O–H groups in total. The van der Waals surface area contributed by atoms with Crippen LogP contribution in [0.5, 0.6) is 0 Å². The Labute approximate surface area is 157 Å². The maximum absolute atomic E-state index is 13.8. The van der Waals surface area contributed by atoms with Crippen LogP contribution in [0, 0.1) is 15.9 Å². The lowest BCUT2D eigenvalue weighted by molar-refractivity contribution is -0.389. The van der Waals surface area contributed by atoms with E-state index in [1.165, 1.54) is 40.0 Å². The second kappa shape index (κ2) is 7.96. The Bertz CT molecular complexity index is 966. The highest BCUT2D eigenvalue weighted by atomic mass is 35.5. The molecule has 1 amide bonds. The molecule has 0 aliphatic heterocycles. The Morgan fingerprint density at radius 2 is 2.15 bits per heavy atom. The average Bonchev–Trinajstić information content (AvgIpc) is 3.26. The number of aryl methyl sites for hydroxylation is 1. The van der Waals surface area contributed by atoms with Crippen molar-refractivity contribution in [2.24, 2.45) is 0 Å². The number of hydrogen-bond acceptors (Lipinski definition) is 5. The normalized spacial score (nSPS) is 10.7. The Morgan fingerprint density at radius 3 is 2.85 bits per heavy atom. The molecule has 140 valence electrons. The fourth-order valence-electron chi connectivity index (χ4n) is 2.37. The van der Waals surface area contributed by atoms with Crippen LogP contribution in [0.1, 0.15) is 12.0 Å². The number of nitro groups is 1. The van der Waals surface area contributed by atoms with Crippen molar-refractivity contribution in [1.82, 2.24) is 19.6 Å². The van der Waals surface area contributed by atoms with E-state index in [1.807, 2.05) is 0 Å². The van der Waals surface area contributed by atoms with Crippen molar-refractivity contribution in [2.45, 2.75) is 19.5 Å². The van der Waals surface area contributed by atoms with Crippen LogP contribution in [-0.4, -0.2) is 30.4 Å². The SMILES string of the molecule is O=C(CCn1ccc([N+](=O)[O-])n1)Nc1cnn(Cc2c(F)cccc2Cl)c1. The molecule has 11 heteroatoms. The molecule has 0 aliphatic rings. The first kappa shape index (κ1) is 18.5. The molecule has 0 saturated carbocycles. The van der Waals surface area contributed by atoms with E-state index in [4.69, 9.17) is 11.6 Å². The molecule has 0 atom stereocenters. The smallest absolute Gasteiger partial charge is 0.358 e. The van der Waals surface area contributed by atoms with Crippen LogP contribution in [0.2, 0.25) is 5.02 Å². The van der Waals surface area contributed by atoms with E-state index in [0.29, 0.717) is 16.3 Å². The van der Waals surface area contributed by atoms with E-state index < -0.39 is 10.7 Å². The topological polar surface area (TPSA) is 108 Å². The van der Waals surface area contributed by atoms with Crippen LogP contribution < -0.4 is 5.32 Å². The first-order valence-corrected chi connectivity index (χ1v) is 8.23. The summed E-state index contributed by atoms with van der Waals surface area (Å²) in [6.45, 7) is 0.316. The minimum atomic E-state index is -0.604. The molecule has 9 nitrogen and oxygen atoms in total. The largest absolute Gasteiger partial charge is 0.389 e. The van der Waals surface area contributed by atoms with Crippen molar-refractivity contribution in [2.75, 3.05) is 5.32 Å². The van der Waals surface area contributed by atoms with Gasteiger partial charge in [0.1, 0.15) is 5.82 Å². The quantitative estimate of drug-likeness (QED) is 0.491. The zero-order valence-corrected chi connectivity index (χ0v) is 14.6. The minimum absolute atomic E-state index is 0.0726. The van der Waals surface area contributed by atoms with Gasteiger partial charge in [0.25, 0.3) is 0 Å². The van der Waals surface area contributed by atoms with Crippen LogP contribution in [-0.2, 0) is 17.9 Å². The highest BCUT2D eigenvalue weighted by molar-refractivity contribution is 6.31. The number of anilines is 1. The summed E-state index contributed by atoms with van der Waals surface area (Å²) in [6, 6.07) is 5.68. The number of carbonyl (C=O) groups is 1. The Kier molecular flexibility index (Phi) is 5.46. The molecule has 2 aromatic heterocycles. The summed E-state index contributed by atoms with van der Waals surface area (Å²) in [5.41, 5.74) is 0.749. The van der Waals surface area contributed by atoms with Crippen molar-refractivity contribution < 1.29 is 14.1 Å². The van der Waals surface area contributed by atoms with Gasteiger partial charge in [0.2, 0.25) is 5.91 Å². The molecule has 27 heavy (non-hydrogen) atoms. The summed E-state index contributed by atoms with van der Waals surface area (Å²) in [5, 5.41) is 21.3. The van der Waals surface area contributed by atoms with Crippen molar-refractivity contribution in [3.05, 3.63) is 69.4 Å². The summed E-state index contributed by atoms with van der Waals surface area (Å²) in [4.78, 5) is 22.0. The zero-order valence-electron chi connectivity index (χ0n) is 13.9. The van der Waals surface area contributed by atoms with Crippen molar-refractivity contribution in [3.8, 4) is 0 Å². The van der Waals surface area contributed by atoms with Gasteiger partial charge in [-0.2, -0.15) is 9.78 Å². The van der Waals surface area contributed by atoms with Gasteiger partial charge in [-0.3, -0.25) is 9.48 Å². The summed E-state index contributed by atoms with van der Waals surface area (Å²) in [5.74, 6) is -1.02. The standard InChI is InChI=1S/C16H14ClFN6O3/c17-13-2-1-3-14(18)12(13)10-23-9-11(8-19-23)20-16(25)5-7-22-6-4-15(21-22)24(26)27/h1-4,6,8-9H,5,7,10H2,(H,20,25). The second-order valence-electron chi connectivity index (χ2n) is 5.62. The number of nitrogens with zero attached hydrogens (tertiary/aromatic N) is 5. The zero-order chi connectivity index (χ0) is 19.4. The van der Waals surface area contributed by atoms with Gasteiger partial charge in [0.05, 0.1) is 42.3 Å². The van der Waals surface area contributed by atoms with Gasteiger partial charge in [0, 0.05) is 23.2 Å². The van der Waals surface area contributed by atoms with Gasteiger partial charge in [0.15, 0.2) is 0 Å². The number of nitrogens with one attached hydrogen (secondary N) is 1. The molecule has 1 aromatic carbocycles. The van der Waals surface area contributed by atoms with Crippen LogP contribution in [0.3, 0.4) is 0 Å². The van der Waals surface area contributed by atoms with Crippen LogP contribution in [0.25, 0.3) is 0 Å². The first-order chi connectivity index (χ1) is 12.9. The molecular formula is C16H14ClFN6O3. The third-order valence-corrected chi connectivity index (χ3v) is 4.03. The molecule has 0 spiro atoms. The number of benzene rings is 1. The summed E-state index contributed by atoms with van der Waals surface area (Å²) < 4.78 is 16.6. The summed E-state index contributed by atoms with van der Waals surface area (Å²) >= 11 is 5.99. The molecule has 3 rings (SSSR count). The Morgan fingerprint density at radius 1 is 1.33 bits per heavy atom. The fourth-order valence-corrected chi connectivity index (χ4v) is 2.60. The number of rotatable bonds is 7. The van der Waals surface area contributed by atoms with Gasteiger partial charge >= 0.3 is 5.82 Å². The third-order valence-electron chi connectivity index (χ3n) is 3.68. The van der Waals surface area contributed by atoms with Gasteiger partial charge in [-0.1, -0.05) is 17.7 Å². The Hall–Kier alpha value is -3.27. The number of halogens is 2. The predicted molar refractivity (Wildman–Crippen MR) is 94.9 cm³/mol. The molecule has 0 aliphatic carbocycles. The number of amides is 1. The molecule has 0 radical (unpaired) electrons. The number of hydrogen-bond donors (Lipinski definition) is 1. The average molecular weight is 393 g/mol. The molecule has 0 saturated heterocycles. The maximum Gasteiger partial charge on any atom is 0.389 e. The van der Waals surface area contributed by atoms with Crippen molar-refractivity contribution >= 4 is 29.0 Å². The molecule has 3 aromatic rings. The minimum Gasteiger partial charge on any atom is -0.358 e. The molecular weight excluding hydrogens is 379 g/mol. The number of carbonyl (C=O) groups excluding carboxylic acids is 1. The lowest BCUT2D eigenvalue weighted by Crippen LogP contribution is -2.14. The molecule has 0 bridgehead atoms. The number of aromatic nitrogens is 4. The van der Waals surface area contributed by atoms with E-state index >= 15 is 0 Å². The van der Waals surface area contributed by atoms with E-state index in [0.717, 1.165) is 0 Å². The fraction of sp³-hybridized carbons (Fsp3) is 0.188. The highest BCUT2D eigenvalue weighted by Gasteiger charge is 2.13. The molecule has 0 unspecified atom stereocenters. The van der Waals surface area contributed by atoms with Crippen molar-refractivity contribution in [1.29, 1.82) is 0 Å². The second-order valence-corrected chi connectivity index (χ2v) is 6.03. The van der Waals surface area contributed by atoms with E-state index in [-0.39, 0.29) is 31.2 Å². The molecule has 2 heterocycles. The maximum atomic E-state index is 13.8. The Balaban J connectivity index is 1.55. The van der Waals surface area contributed by atoms with Gasteiger partial charge in [-0.15, -0.1) is 0 Å². The van der Waals surface area contributed by atoms with Crippen molar-refractivity contribution in [3.63, 3.8) is 0 Å². The van der Waals surface area contributed by atoms with Gasteiger partial charge in [-0.25, -0.2) is 4.39 Å². The molecule has 0 fully saturated rings. The van der Waals surface area contributed by atoms with E-state index in [2.05, 4.69) is 15.5 Å². The highest BCUT2D eigenvalue weighted by Crippen LogP contribution is 2.20. The van der Waals surface area contributed by atoms with E-state index in [1.54, 1.807) is 12.3 Å². The van der Waals surface area contributed by atoms with E-state index in [9.17, 15) is 19.3 Å². The third kappa shape index (κ3) is 4.67. The monoisotopic (exact) mass is 392 g/mol. The summed E-state index contributed by atoms with van der Waals surface area (Å²) in [7, 11) is 0. The first-order valence-electron chi connectivity index (χ1n) is 7.85. The van der Waals surface area contributed by atoms with Gasteiger partial charge in [-0.05, 0) is 17.1 Å².